The summed E-state index contributed by atoms with van der Waals surface area (Å²) in [6, 6.07) is 16.6. The summed E-state index contributed by atoms with van der Waals surface area (Å²) in [5.41, 5.74) is 4.72. The van der Waals surface area contributed by atoms with Crippen LogP contribution in [0.4, 0.5) is 0 Å². The number of nitrogens with zero attached hydrogens (tertiary/aromatic N) is 2. The highest BCUT2D eigenvalue weighted by Crippen LogP contribution is 2.29. The molecule has 0 radical (unpaired) electrons. The second kappa shape index (κ2) is 7.87. The van der Waals surface area contributed by atoms with Crippen LogP contribution in [0.25, 0.3) is 11.3 Å². The van der Waals surface area contributed by atoms with Crippen molar-refractivity contribution in [3.8, 4) is 17.0 Å². The van der Waals surface area contributed by atoms with Gasteiger partial charge in [-0.25, -0.2) is 4.98 Å². The zero-order valence-electron chi connectivity index (χ0n) is 14.9. The van der Waals surface area contributed by atoms with E-state index in [1.807, 2.05) is 18.5 Å². The SMILES string of the molecule is COc1ccccc1CCn1cnc(-c2ccc(Br)cc2)c1C(C)C. The van der Waals surface area contributed by atoms with Crippen LogP contribution in [-0.4, -0.2) is 16.7 Å². The van der Waals surface area contributed by atoms with Crippen molar-refractivity contribution in [1.29, 1.82) is 0 Å². The molecule has 4 heteroatoms. The lowest BCUT2D eigenvalue weighted by Gasteiger charge is -2.14. The molecule has 0 bridgehead atoms. The van der Waals surface area contributed by atoms with E-state index in [1.165, 1.54) is 11.3 Å². The molecule has 0 aliphatic heterocycles. The number of aromatic nitrogens is 2. The van der Waals surface area contributed by atoms with Crippen LogP contribution in [0.5, 0.6) is 5.75 Å². The predicted molar refractivity (Wildman–Crippen MR) is 106 cm³/mol. The van der Waals surface area contributed by atoms with Gasteiger partial charge in [-0.05, 0) is 36.1 Å². The minimum absolute atomic E-state index is 0.402. The third kappa shape index (κ3) is 3.96. The van der Waals surface area contributed by atoms with E-state index in [0.29, 0.717) is 5.92 Å². The molecule has 0 saturated heterocycles. The summed E-state index contributed by atoms with van der Waals surface area (Å²) in [5, 5.41) is 0. The third-order valence-corrected chi connectivity index (χ3v) is 4.89. The molecule has 25 heavy (non-hydrogen) atoms. The van der Waals surface area contributed by atoms with Gasteiger partial charge in [0.25, 0.3) is 0 Å². The van der Waals surface area contributed by atoms with Crippen molar-refractivity contribution < 1.29 is 4.74 Å². The minimum atomic E-state index is 0.402. The summed E-state index contributed by atoms with van der Waals surface area (Å²) < 4.78 is 8.82. The lowest BCUT2D eigenvalue weighted by Crippen LogP contribution is -2.07. The molecule has 3 rings (SSSR count). The fraction of sp³-hybridized carbons (Fsp3) is 0.286. The van der Waals surface area contributed by atoms with Crippen molar-refractivity contribution in [3.05, 3.63) is 70.6 Å². The average molecular weight is 399 g/mol. The van der Waals surface area contributed by atoms with Gasteiger partial charge in [0.15, 0.2) is 0 Å². The van der Waals surface area contributed by atoms with Crippen LogP contribution in [0.2, 0.25) is 0 Å². The Morgan fingerprint density at radius 1 is 1.08 bits per heavy atom. The first kappa shape index (κ1) is 17.7. The van der Waals surface area contributed by atoms with Crippen LogP contribution in [0, 0.1) is 0 Å². The number of hydrogen-bond donors (Lipinski definition) is 0. The Labute approximate surface area is 157 Å². The van der Waals surface area contributed by atoms with E-state index in [4.69, 9.17) is 9.72 Å². The maximum atomic E-state index is 5.47. The molecular weight excluding hydrogens is 376 g/mol. The Hall–Kier alpha value is -2.07. The van der Waals surface area contributed by atoms with Gasteiger partial charge >= 0.3 is 0 Å². The molecule has 0 amide bonds. The predicted octanol–water partition coefficient (Wildman–Crippen LogP) is 5.69. The van der Waals surface area contributed by atoms with Crippen LogP contribution in [0.1, 0.15) is 31.0 Å². The van der Waals surface area contributed by atoms with Gasteiger partial charge in [0, 0.05) is 22.3 Å². The molecule has 0 saturated carbocycles. The molecule has 0 N–H and O–H groups in total. The molecule has 3 aromatic rings. The first-order chi connectivity index (χ1) is 12.1. The van der Waals surface area contributed by atoms with Crippen molar-refractivity contribution in [2.75, 3.05) is 7.11 Å². The standard InChI is InChI=1S/C21H23BrN2O/c1-15(2)21-20(17-8-10-18(22)11-9-17)23-14-24(21)13-12-16-6-4-5-7-19(16)25-3/h4-11,14-15H,12-13H2,1-3H3. The summed E-state index contributed by atoms with van der Waals surface area (Å²) in [6.07, 6.45) is 2.88. The van der Waals surface area contributed by atoms with Crippen molar-refractivity contribution >= 4 is 15.9 Å². The minimum Gasteiger partial charge on any atom is -0.496 e. The van der Waals surface area contributed by atoms with E-state index in [1.54, 1.807) is 7.11 Å². The zero-order valence-corrected chi connectivity index (χ0v) is 16.5. The number of benzene rings is 2. The second-order valence-electron chi connectivity index (χ2n) is 6.40. The van der Waals surface area contributed by atoms with Gasteiger partial charge in [-0.15, -0.1) is 0 Å². The van der Waals surface area contributed by atoms with Crippen molar-refractivity contribution in [2.24, 2.45) is 0 Å². The molecular formula is C21H23BrN2O. The summed E-state index contributed by atoms with van der Waals surface area (Å²) in [5.74, 6) is 1.35. The number of imidazole rings is 1. The second-order valence-corrected chi connectivity index (χ2v) is 7.31. The van der Waals surface area contributed by atoms with Crippen LogP contribution in [-0.2, 0) is 13.0 Å². The molecule has 1 aromatic heterocycles. The largest absolute Gasteiger partial charge is 0.496 e. The summed E-state index contributed by atoms with van der Waals surface area (Å²) in [7, 11) is 1.72. The zero-order chi connectivity index (χ0) is 17.8. The van der Waals surface area contributed by atoms with Crippen molar-refractivity contribution in [2.45, 2.75) is 32.7 Å². The monoisotopic (exact) mass is 398 g/mol. The van der Waals surface area contributed by atoms with Crippen LogP contribution < -0.4 is 4.74 Å². The number of para-hydroxylation sites is 1. The number of halogens is 1. The number of rotatable bonds is 6. The normalized spacial score (nSPS) is 11.1. The third-order valence-electron chi connectivity index (χ3n) is 4.36. The molecule has 0 spiro atoms. The molecule has 0 fully saturated rings. The van der Waals surface area contributed by atoms with Crippen molar-refractivity contribution in [3.63, 3.8) is 0 Å². The Balaban J connectivity index is 1.88. The Morgan fingerprint density at radius 2 is 1.80 bits per heavy atom. The Bertz CT molecular complexity index is 837. The molecule has 1 heterocycles. The number of methoxy groups -OCH3 is 1. The molecule has 0 unspecified atom stereocenters. The van der Waals surface area contributed by atoms with Gasteiger partial charge in [0.05, 0.1) is 19.1 Å². The maximum Gasteiger partial charge on any atom is 0.122 e. The fourth-order valence-electron chi connectivity index (χ4n) is 3.16. The van der Waals surface area contributed by atoms with E-state index < -0.39 is 0 Å². The quantitative estimate of drug-likeness (QED) is 0.533. The van der Waals surface area contributed by atoms with Gasteiger partial charge in [0.1, 0.15) is 5.75 Å². The van der Waals surface area contributed by atoms with Gasteiger partial charge < -0.3 is 9.30 Å². The van der Waals surface area contributed by atoms with E-state index in [0.717, 1.165) is 34.4 Å². The molecule has 3 nitrogen and oxygen atoms in total. The van der Waals surface area contributed by atoms with Gasteiger partial charge in [-0.2, -0.15) is 0 Å². The highest BCUT2D eigenvalue weighted by atomic mass is 79.9. The molecule has 0 aliphatic carbocycles. The fourth-order valence-corrected chi connectivity index (χ4v) is 3.42. The number of ether oxygens (including phenoxy) is 1. The number of hydrogen-bond acceptors (Lipinski definition) is 2. The summed E-state index contributed by atoms with van der Waals surface area (Å²) in [4.78, 5) is 4.71. The Kier molecular flexibility index (Phi) is 5.59. The van der Waals surface area contributed by atoms with Gasteiger partial charge in [-0.1, -0.05) is 60.1 Å². The molecule has 130 valence electrons. The van der Waals surface area contributed by atoms with Gasteiger partial charge in [-0.3, -0.25) is 0 Å². The first-order valence-corrected chi connectivity index (χ1v) is 9.32. The average Bonchev–Trinajstić information content (AvgIpc) is 3.05. The first-order valence-electron chi connectivity index (χ1n) is 8.53. The van der Waals surface area contributed by atoms with E-state index in [-0.39, 0.29) is 0 Å². The molecule has 2 aromatic carbocycles. The lowest BCUT2D eigenvalue weighted by atomic mass is 10.0. The molecule has 0 aliphatic rings. The van der Waals surface area contributed by atoms with Crippen molar-refractivity contribution in [1.82, 2.24) is 9.55 Å². The molecule has 0 atom stereocenters. The van der Waals surface area contributed by atoms with Crippen LogP contribution in [0.3, 0.4) is 0 Å². The Morgan fingerprint density at radius 3 is 2.48 bits per heavy atom. The highest BCUT2D eigenvalue weighted by molar-refractivity contribution is 9.10. The lowest BCUT2D eigenvalue weighted by molar-refractivity contribution is 0.408. The number of aryl methyl sites for hydroxylation is 2. The van der Waals surface area contributed by atoms with E-state index in [2.05, 4.69) is 70.7 Å². The van der Waals surface area contributed by atoms with Crippen LogP contribution >= 0.6 is 15.9 Å². The smallest absolute Gasteiger partial charge is 0.122 e. The van der Waals surface area contributed by atoms with Gasteiger partial charge in [0.2, 0.25) is 0 Å². The van der Waals surface area contributed by atoms with E-state index in [9.17, 15) is 0 Å². The highest BCUT2D eigenvalue weighted by Gasteiger charge is 2.16. The summed E-state index contributed by atoms with van der Waals surface area (Å²) >= 11 is 3.50. The summed E-state index contributed by atoms with van der Waals surface area (Å²) in [6.45, 7) is 5.33. The maximum absolute atomic E-state index is 5.47. The van der Waals surface area contributed by atoms with E-state index >= 15 is 0 Å². The topological polar surface area (TPSA) is 27.1 Å². The van der Waals surface area contributed by atoms with Crippen LogP contribution in [0.15, 0.2) is 59.3 Å².